The Balaban J connectivity index is 0.000000233. The van der Waals surface area contributed by atoms with Gasteiger partial charge in [-0.25, -0.2) is 12.8 Å². The van der Waals surface area contributed by atoms with Gasteiger partial charge in [0.15, 0.2) is 0 Å². The Morgan fingerprint density at radius 2 is 1.21 bits per heavy atom. The van der Waals surface area contributed by atoms with Gasteiger partial charge in [-0.15, -0.1) is 0 Å². The summed E-state index contributed by atoms with van der Waals surface area (Å²) >= 11 is 3.33. The second-order valence-electron chi connectivity index (χ2n) is 8.89. The fourth-order valence-electron chi connectivity index (χ4n) is 4.36. The van der Waals surface area contributed by atoms with Gasteiger partial charge in [0.05, 0.1) is 20.9 Å². The van der Waals surface area contributed by atoms with Gasteiger partial charge in [-0.2, -0.15) is 0 Å². The molecule has 0 unspecified atom stereocenters. The molecule has 0 saturated carbocycles. The van der Waals surface area contributed by atoms with Gasteiger partial charge in [0, 0.05) is 17.6 Å². The average molecular weight is 605 g/mol. The first-order chi connectivity index (χ1) is 18.7. The highest BCUT2D eigenvalue weighted by Gasteiger charge is 2.29. The van der Waals surface area contributed by atoms with Crippen molar-refractivity contribution >= 4 is 49.7 Å². The average Bonchev–Trinajstić information content (AvgIpc) is 3.52. The molecule has 2 amide bonds. The summed E-state index contributed by atoms with van der Waals surface area (Å²) < 4.78 is 39.9. The number of carbonyl (C=O) groups is 2. The van der Waals surface area contributed by atoms with Gasteiger partial charge in [0.2, 0.25) is 9.84 Å². The molecule has 2 heterocycles. The molecule has 0 aromatic heterocycles. The summed E-state index contributed by atoms with van der Waals surface area (Å²) in [5.74, 6) is -0.645. The van der Waals surface area contributed by atoms with Crippen LogP contribution in [0.4, 0.5) is 4.39 Å². The highest BCUT2D eigenvalue weighted by molar-refractivity contribution is 9.10. The lowest BCUT2D eigenvalue weighted by Crippen LogP contribution is -2.15. The molecular formula is C30H22BrFN2O4S. The van der Waals surface area contributed by atoms with E-state index in [1.807, 2.05) is 30.4 Å². The summed E-state index contributed by atoms with van der Waals surface area (Å²) in [6.07, 6.45) is 3.63. The molecule has 4 aromatic carbocycles. The van der Waals surface area contributed by atoms with Crippen molar-refractivity contribution in [2.45, 2.75) is 22.9 Å². The van der Waals surface area contributed by atoms with E-state index in [0.29, 0.717) is 18.7 Å². The maximum Gasteiger partial charge on any atom is 0.253 e. The molecule has 6 nitrogen and oxygen atoms in total. The Morgan fingerprint density at radius 1 is 0.692 bits per heavy atom. The monoisotopic (exact) mass is 604 g/mol. The predicted molar refractivity (Wildman–Crippen MR) is 150 cm³/mol. The van der Waals surface area contributed by atoms with E-state index in [9.17, 15) is 22.4 Å². The first-order valence-electron chi connectivity index (χ1n) is 12.0. The summed E-state index contributed by atoms with van der Waals surface area (Å²) in [6, 6.07) is 23.1. The summed E-state index contributed by atoms with van der Waals surface area (Å²) in [5, 5.41) is 5.41. The number of hydrogen-bond donors (Lipinski definition) is 2. The lowest BCUT2D eigenvalue weighted by atomic mass is 10.1. The van der Waals surface area contributed by atoms with Crippen LogP contribution in [0.3, 0.4) is 0 Å². The molecular weight excluding hydrogens is 583 g/mol. The van der Waals surface area contributed by atoms with E-state index in [1.165, 1.54) is 30.3 Å². The number of sulfone groups is 1. The summed E-state index contributed by atoms with van der Waals surface area (Å²) in [5.41, 5.74) is 4.41. The van der Waals surface area contributed by atoms with Crippen LogP contribution < -0.4 is 10.6 Å². The Hall–Kier alpha value is -4.08. The third-order valence-electron chi connectivity index (χ3n) is 6.36. The third kappa shape index (κ3) is 5.55. The molecule has 9 heteroatoms. The minimum absolute atomic E-state index is 0.0208. The molecule has 39 heavy (non-hydrogen) atoms. The largest absolute Gasteiger partial charge is 0.348 e. The van der Waals surface area contributed by atoms with E-state index in [4.69, 9.17) is 0 Å². The standard InChI is InChI=1S/C22H16FNO3S.C8H6BrNO/c23-18-10-6-15(7-11-18)4-5-16-8-12-19(13-9-16)28(26,27)20-3-1-2-17-14-24-22(25)21(17)20;9-6-3-1-2-5-4-10-8(11)7(5)6/h1-13H,14H2,(H,24,25);1-3H,4H2,(H,10,11)/b5-4+;. The topological polar surface area (TPSA) is 92.3 Å². The number of amides is 2. The molecule has 2 aliphatic heterocycles. The van der Waals surface area contributed by atoms with E-state index in [-0.39, 0.29) is 33.0 Å². The van der Waals surface area contributed by atoms with Gasteiger partial charge in [0.1, 0.15) is 5.82 Å². The lowest BCUT2D eigenvalue weighted by molar-refractivity contribution is 0.0956. The predicted octanol–water partition coefficient (Wildman–Crippen LogP) is 5.76. The van der Waals surface area contributed by atoms with Crippen molar-refractivity contribution in [3.05, 3.63) is 129 Å². The van der Waals surface area contributed by atoms with Crippen molar-refractivity contribution in [1.82, 2.24) is 10.6 Å². The Labute approximate surface area is 233 Å². The van der Waals surface area contributed by atoms with Crippen molar-refractivity contribution < 1.29 is 22.4 Å². The lowest BCUT2D eigenvalue weighted by Gasteiger charge is -2.08. The third-order valence-corrected chi connectivity index (χ3v) is 8.84. The SMILES string of the molecule is O=C1NCc2cccc(Br)c21.O=C1NCc2cccc(S(=O)(=O)c3ccc(/C=C/c4ccc(F)cc4)cc3)c21. The van der Waals surface area contributed by atoms with Crippen LogP contribution in [0.2, 0.25) is 0 Å². The molecule has 0 bridgehead atoms. The van der Waals surface area contributed by atoms with Crippen molar-refractivity contribution in [1.29, 1.82) is 0 Å². The zero-order valence-electron chi connectivity index (χ0n) is 20.4. The van der Waals surface area contributed by atoms with Crippen LogP contribution in [0, 0.1) is 5.82 Å². The van der Waals surface area contributed by atoms with Crippen molar-refractivity contribution in [2.75, 3.05) is 0 Å². The van der Waals surface area contributed by atoms with Crippen molar-refractivity contribution in [2.24, 2.45) is 0 Å². The first kappa shape index (κ1) is 26.5. The maximum absolute atomic E-state index is 13.0. The fraction of sp³-hybridized carbons (Fsp3) is 0.0667. The zero-order chi connectivity index (χ0) is 27.6. The Bertz CT molecular complexity index is 1720. The minimum atomic E-state index is -3.81. The number of fused-ring (bicyclic) bond motifs is 2. The molecule has 196 valence electrons. The van der Waals surface area contributed by atoms with Gasteiger partial charge >= 0.3 is 0 Å². The number of rotatable bonds is 4. The van der Waals surface area contributed by atoms with E-state index < -0.39 is 9.84 Å². The minimum Gasteiger partial charge on any atom is -0.348 e. The molecule has 4 aromatic rings. The number of carbonyl (C=O) groups excluding carboxylic acids is 2. The molecule has 0 aliphatic carbocycles. The van der Waals surface area contributed by atoms with Crippen molar-refractivity contribution in [3.63, 3.8) is 0 Å². The van der Waals surface area contributed by atoms with E-state index in [2.05, 4.69) is 26.6 Å². The normalized spacial score (nSPS) is 13.8. The number of hydrogen-bond acceptors (Lipinski definition) is 4. The van der Waals surface area contributed by atoms with Crippen LogP contribution in [-0.2, 0) is 22.9 Å². The first-order valence-corrected chi connectivity index (χ1v) is 14.3. The highest BCUT2D eigenvalue weighted by atomic mass is 79.9. The molecule has 0 radical (unpaired) electrons. The molecule has 2 aliphatic rings. The summed E-state index contributed by atoms with van der Waals surface area (Å²) in [7, 11) is -3.81. The molecule has 2 N–H and O–H groups in total. The van der Waals surface area contributed by atoms with Crippen LogP contribution in [-0.4, -0.2) is 20.2 Å². The van der Waals surface area contributed by atoms with Crippen LogP contribution in [0.5, 0.6) is 0 Å². The van der Waals surface area contributed by atoms with Gasteiger partial charge in [-0.3, -0.25) is 9.59 Å². The highest BCUT2D eigenvalue weighted by Crippen LogP contribution is 2.29. The van der Waals surface area contributed by atoms with Crippen LogP contribution in [0.25, 0.3) is 12.2 Å². The van der Waals surface area contributed by atoms with Crippen LogP contribution in [0.15, 0.2) is 99.2 Å². The molecule has 0 atom stereocenters. The Kier molecular flexibility index (Phi) is 7.45. The zero-order valence-corrected chi connectivity index (χ0v) is 22.9. The second kappa shape index (κ2) is 11.0. The number of benzene rings is 4. The van der Waals surface area contributed by atoms with Crippen molar-refractivity contribution in [3.8, 4) is 0 Å². The van der Waals surface area contributed by atoms with E-state index >= 15 is 0 Å². The van der Waals surface area contributed by atoms with E-state index in [1.54, 1.807) is 36.4 Å². The van der Waals surface area contributed by atoms with E-state index in [0.717, 1.165) is 26.7 Å². The smallest absolute Gasteiger partial charge is 0.253 e. The van der Waals surface area contributed by atoms with Crippen LogP contribution in [0.1, 0.15) is 43.0 Å². The molecule has 0 spiro atoms. The number of nitrogens with one attached hydrogen (secondary N) is 2. The number of halogens is 2. The fourth-order valence-corrected chi connectivity index (χ4v) is 6.44. The van der Waals surface area contributed by atoms with Gasteiger partial charge in [-0.05, 0) is 74.6 Å². The molecule has 6 rings (SSSR count). The van der Waals surface area contributed by atoms with Gasteiger partial charge in [0.25, 0.3) is 11.8 Å². The van der Waals surface area contributed by atoms with Crippen LogP contribution >= 0.6 is 15.9 Å². The summed E-state index contributed by atoms with van der Waals surface area (Å²) in [4.78, 5) is 23.3. The Morgan fingerprint density at radius 3 is 1.79 bits per heavy atom. The summed E-state index contributed by atoms with van der Waals surface area (Å²) in [6.45, 7) is 0.998. The maximum atomic E-state index is 13.0. The molecule has 0 saturated heterocycles. The van der Waals surface area contributed by atoms with Gasteiger partial charge < -0.3 is 10.6 Å². The molecule has 0 fully saturated rings. The van der Waals surface area contributed by atoms with Gasteiger partial charge in [-0.1, -0.05) is 60.7 Å². The quantitative estimate of drug-likeness (QED) is 0.289. The second-order valence-corrected chi connectivity index (χ2v) is 11.7.